The first-order valence-electron chi connectivity index (χ1n) is 8.45. The number of nitrogens with one attached hydrogen (secondary N) is 1. The van der Waals surface area contributed by atoms with Gasteiger partial charge in [-0.15, -0.1) is 0 Å². The zero-order valence-electron chi connectivity index (χ0n) is 13.7. The quantitative estimate of drug-likeness (QED) is 0.769. The number of carbonyl (C=O) groups excluding carboxylic acids is 1. The van der Waals surface area contributed by atoms with Crippen LogP contribution in [0.1, 0.15) is 27.5 Å². The summed E-state index contributed by atoms with van der Waals surface area (Å²) >= 11 is 0. The first-order chi connectivity index (χ1) is 12.2. The van der Waals surface area contributed by atoms with Crippen LogP contribution < -0.4 is 5.32 Å². The van der Waals surface area contributed by atoms with Crippen LogP contribution in [0.2, 0.25) is 0 Å². The Morgan fingerprint density at radius 3 is 2.40 bits per heavy atom. The van der Waals surface area contributed by atoms with Gasteiger partial charge in [0, 0.05) is 12.0 Å². The van der Waals surface area contributed by atoms with E-state index < -0.39 is 6.10 Å². The number of hydrogen-bond donors (Lipinski definition) is 2. The largest absolute Gasteiger partial charge is 0.390 e. The van der Waals surface area contributed by atoms with Gasteiger partial charge in [0.05, 0.1) is 12.1 Å². The van der Waals surface area contributed by atoms with Crippen molar-refractivity contribution in [2.45, 2.75) is 18.6 Å². The lowest BCUT2D eigenvalue weighted by Gasteiger charge is -2.19. The molecule has 3 nitrogen and oxygen atoms in total. The third kappa shape index (κ3) is 2.94. The maximum absolute atomic E-state index is 12.9. The number of hydrogen-bond acceptors (Lipinski definition) is 2. The molecule has 0 radical (unpaired) electrons. The summed E-state index contributed by atoms with van der Waals surface area (Å²) in [6.07, 6.45) is -0.0215. The van der Waals surface area contributed by atoms with Gasteiger partial charge < -0.3 is 10.4 Å². The van der Waals surface area contributed by atoms with Crippen molar-refractivity contribution in [3.8, 4) is 11.1 Å². The summed E-state index contributed by atoms with van der Waals surface area (Å²) in [6, 6.07) is 24.9. The standard InChI is InChI=1S/C22H19NO2/c24-20-14-16-10-4-5-12-18(16)21(20)23-22(25)19-13-7-6-11-17(19)15-8-2-1-3-9-15/h1-13,20-21,24H,14H2,(H,23,25). The third-order valence-corrected chi connectivity index (χ3v) is 4.75. The fourth-order valence-electron chi connectivity index (χ4n) is 3.52. The second-order valence-electron chi connectivity index (χ2n) is 6.33. The minimum atomic E-state index is -0.592. The van der Waals surface area contributed by atoms with Crippen LogP contribution in [0.5, 0.6) is 0 Å². The highest BCUT2D eigenvalue weighted by molar-refractivity contribution is 6.01. The van der Waals surface area contributed by atoms with E-state index in [-0.39, 0.29) is 11.9 Å². The molecule has 0 saturated heterocycles. The molecule has 3 aromatic carbocycles. The van der Waals surface area contributed by atoms with Gasteiger partial charge in [0.25, 0.3) is 5.91 Å². The van der Waals surface area contributed by atoms with Crippen LogP contribution in [0, 0.1) is 0 Å². The lowest BCUT2D eigenvalue weighted by molar-refractivity contribution is 0.0859. The van der Waals surface area contributed by atoms with Gasteiger partial charge in [-0.05, 0) is 28.3 Å². The van der Waals surface area contributed by atoms with Crippen LogP contribution in [-0.4, -0.2) is 17.1 Å². The molecular formula is C22H19NO2. The second kappa shape index (κ2) is 6.54. The van der Waals surface area contributed by atoms with E-state index in [1.54, 1.807) is 0 Å². The average Bonchev–Trinajstić information content (AvgIpc) is 2.98. The lowest BCUT2D eigenvalue weighted by Crippen LogP contribution is -2.34. The fraction of sp³-hybridized carbons (Fsp3) is 0.136. The minimum absolute atomic E-state index is 0.166. The van der Waals surface area contributed by atoms with Crippen molar-refractivity contribution in [2.75, 3.05) is 0 Å². The summed E-state index contributed by atoms with van der Waals surface area (Å²) < 4.78 is 0. The predicted molar refractivity (Wildman–Crippen MR) is 98.2 cm³/mol. The topological polar surface area (TPSA) is 49.3 Å². The summed E-state index contributed by atoms with van der Waals surface area (Å²) in [5.74, 6) is -0.166. The number of benzene rings is 3. The molecule has 0 heterocycles. The number of carbonyl (C=O) groups is 1. The van der Waals surface area contributed by atoms with Gasteiger partial charge in [0.15, 0.2) is 0 Å². The van der Waals surface area contributed by atoms with Gasteiger partial charge in [0.2, 0.25) is 0 Å². The second-order valence-corrected chi connectivity index (χ2v) is 6.33. The van der Waals surface area contributed by atoms with Gasteiger partial charge in [0.1, 0.15) is 0 Å². The molecule has 4 rings (SSSR count). The smallest absolute Gasteiger partial charge is 0.252 e. The molecule has 0 saturated carbocycles. The minimum Gasteiger partial charge on any atom is -0.390 e. The molecule has 1 amide bonds. The SMILES string of the molecule is O=C(NC1c2ccccc2CC1O)c1ccccc1-c1ccccc1. The van der Waals surface area contributed by atoms with Crippen molar-refractivity contribution in [2.24, 2.45) is 0 Å². The van der Waals surface area contributed by atoms with E-state index >= 15 is 0 Å². The van der Waals surface area contributed by atoms with Crippen LogP contribution in [0.15, 0.2) is 78.9 Å². The molecule has 2 unspecified atom stereocenters. The number of aliphatic hydroxyl groups excluding tert-OH is 1. The van der Waals surface area contributed by atoms with Gasteiger partial charge in [-0.1, -0.05) is 72.8 Å². The average molecular weight is 329 g/mol. The maximum atomic E-state index is 12.9. The highest BCUT2D eigenvalue weighted by atomic mass is 16.3. The van der Waals surface area contributed by atoms with Crippen molar-refractivity contribution >= 4 is 5.91 Å². The van der Waals surface area contributed by atoms with Gasteiger partial charge in [-0.2, -0.15) is 0 Å². The predicted octanol–water partition coefficient (Wildman–Crippen LogP) is 3.74. The highest BCUT2D eigenvalue weighted by Gasteiger charge is 2.32. The summed E-state index contributed by atoms with van der Waals surface area (Å²) in [6.45, 7) is 0. The first kappa shape index (κ1) is 15.6. The monoisotopic (exact) mass is 329 g/mol. The maximum Gasteiger partial charge on any atom is 0.252 e. The molecule has 25 heavy (non-hydrogen) atoms. The van der Waals surface area contributed by atoms with Crippen molar-refractivity contribution in [1.29, 1.82) is 0 Å². The Morgan fingerprint density at radius 1 is 0.880 bits per heavy atom. The summed E-state index contributed by atoms with van der Waals surface area (Å²) in [4.78, 5) is 12.9. The molecule has 2 N–H and O–H groups in total. The number of amides is 1. The van der Waals surface area contributed by atoms with Crippen LogP contribution >= 0.6 is 0 Å². The number of rotatable bonds is 3. The zero-order valence-corrected chi connectivity index (χ0v) is 13.7. The molecule has 124 valence electrons. The van der Waals surface area contributed by atoms with E-state index in [4.69, 9.17) is 0 Å². The zero-order chi connectivity index (χ0) is 17.2. The molecule has 3 aromatic rings. The molecule has 0 fully saturated rings. The van der Waals surface area contributed by atoms with Gasteiger partial charge in [-0.25, -0.2) is 0 Å². The molecular weight excluding hydrogens is 310 g/mol. The summed E-state index contributed by atoms with van der Waals surface area (Å²) in [5.41, 5.74) is 4.60. The summed E-state index contributed by atoms with van der Waals surface area (Å²) in [7, 11) is 0. The Bertz CT molecular complexity index is 905. The highest BCUT2D eigenvalue weighted by Crippen LogP contribution is 2.32. The normalized spacial score (nSPS) is 18.6. The van der Waals surface area contributed by atoms with Crippen LogP contribution in [-0.2, 0) is 6.42 Å². The van der Waals surface area contributed by atoms with Gasteiger partial charge in [-0.3, -0.25) is 4.79 Å². The van der Waals surface area contributed by atoms with E-state index in [9.17, 15) is 9.90 Å². The van der Waals surface area contributed by atoms with E-state index in [1.165, 1.54) is 0 Å². The molecule has 1 aliphatic rings. The fourth-order valence-corrected chi connectivity index (χ4v) is 3.52. The van der Waals surface area contributed by atoms with Gasteiger partial charge >= 0.3 is 0 Å². The molecule has 0 aliphatic heterocycles. The Labute approximate surface area is 147 Å². The Hall–Kier alpha value is -2.91. The molecule has 0 aromatic heterocycles. The van der Waals surface area contributed by atoms with E-state index in [0.717, 1.165) is 22.3 Å². The molecule has 0 spiro atoms. The van der Waals surface area contributed by atoms with E-state index in [2.05, 4.69) is 5.32 Å². The Kier molecular flexibility index (Phi) is 4.08. The Balaban J connectivity index is 1.65. The van der Waals surface area contributed by atoms with Crippen molar-refractivity contribution < 1.29 is 9.90 Å². The molecule has 1 aliphatic carbocycles. The number of fused-ring (bicyclic) bond motifs is 1. The van der Waals surface area contributed by atoms with E-state index in [1.807, 2.05) is 78.9 Å². The van der Waals surface area contributed by atoms with Crippen LogP contribution in [0.3, 0.4) is 0 Å². The molecule has 0 bridgehead atoms. The summed E-state index contributed by atoms with van der Waals surface area (Å²) in [5, 5.41) is 13.4. The van der Waals surface area contributed by atoms with E-state index in [0.29, 0.717) is 12.0 Å². The van der Waals surface area contributed by atoms with Crippen molar-refractivity contribution in [3.63, 3.8) is 0 Å². The third-order valence-electron chi connectivity index (χ3n) is 4.75. The van der Waals surface area contributed by atoms with Crippen LogP contribution in [0.25, 0.3) is 11.1 Å². The lowest BCUT2D eigenvalue weighted by atomic mass is 9.98. The van der Waals surface area contributed by atoms with Crippen molar-refractivity contribution in [1.82, 2.24) is 5.32 Å². The molecule has 3 heteroatoms. The van der Waals surface area contributed by atoms with Crippen LogP contribution in [0.4, 0.5) is 0 Å². The number of aliphatic hydroxyl groups is 1. The Morgan fingerprint density at radius 2 is 1.56 bits per heavy atom. The van der Waals surface area contributed by atoms with Crippen molar-refractivity contribution in [3.05, 3.63) is 95.6 Å². The first-order valence-corrected chi connectivity index (χ1v) is 8.45. The molecule has 2 atom stereocenters.